The highest BCUT2D eigenvalue weighted by molar-refractivity contribution is 5.78. The summed E-state index contributed by atoms with van der Waals surface area (Å²) in [5.41, 5.74) is 33.3. The first kappa shape index (κ1) is 20.0. The van der Waals surface area contributed by atoms with E-state index in [1.165, 1.54) is 6.20 Å². The molecule has 0 fully saturated rings. The predicted molar refractivity (Wildman–Crippen MR) is 99.0 cm³/mol. The fourth-order valence-corrected chi connectivity index (χ4v) is 2.30. The molecule has 0 spiro atoms. The molecule has 0 bridgehead atoms. The molecule has 1 aromatic rings. The first-order valence-electron chi connectivity index (χ1n) is 7.56. The Bertz CT molecular complexity index is 628. The van der Waals surface area contributed by atoms with Gasteiger partial charge in [-0.25, -0.2) is 9.98 Å². The minimum atomic E-state index is -0.789. The van der Waals surface area contributed by atoms with Crippen molar-refractivity contribution in [3.63, 3.8) is 0 Å². The van der Waals surface area contributed by atoms with Crippen LogP contribution in [0.5, 0.6) is 0 Å². The largest absolute Gasteiger partial charge is 0.391 e. The maximum Gasteiger partial charge on any atom is 0.191 e. The summed E-state index contributed by atoms with van der Waals surface area (Å²) in [7, 11) is 0. The lowest BCUT2D eigenvalue weighted by atomic mass is 9.91. The van der Waals surface area contributed by atoms with E-state index in [0.29, 0.717) is 17.8 Å². The van der Waals surface area contributed by atoms with Gasteiger partial charge in [0.25, 0.3) is 0 Å². The van der Waals surface area contributed by atoms with Crippen molar-refractivity contribution in [3.8, 4) is 0 Å². The molecule has 0 radical (unpaired) electrons. The third-order valence-corrected chi connectivity index (χ3v) is 3.35. The Labute approximate surface area is 145 Å². The molecule has 0 aliphatic rings. The van der Waals surface area contributed by atoms with Crippen LogP contribution in [-0.4, -0.2) is 46.7 Å². The second kappa shape index (κ2) is 9.27. The van der Waals surface area contributed by atoms with Gasteiger partial charge in [0.15, 0.2) is 17.9 Å². The van der Waals surface area contributed by atoms with Gasteiger partial charge in [-0.15, -0.1) is 0 Å². The van der Waals surface area contributed by atoms with Crippen LogP contribution < -0.4 is 34.4 Å². The van der Waals surface area contributed by atoms with Crippen molar-refractivity contribution in [3.05, 3.63) is 24.0 Å². The molecule has 1 heterocycles. The van der Waals surface area contributed by atoms with Crippen LogP contribution in [0.15, 0.2) is 33.3 Å². The molecule has 0 aromatic carbocycles. The Morgan fingerprint density at radius 1 is 1.08 bits per heavy atom. The van der Waals surface area contributed by atoms with Gasteiger partial charge in [-0.2, -0.15) is 0 Å². The van der Waals surface area contributed by atoms with E-state index in [1.54, 1.807) is 12.1 Å². The predicted octanol–water partition coefficient (Wildman–Crippen LogP) is -2.24. The average molecular weight is 350 g/mol. The van der Waals surface area contributed by atoms with Crippen LogP contribution in [0.1, 0.15) is 25.0 Å². The molecular formula is C14H26N10O. The van der Waals surface area contributed by atoms with Crippen LogP contribution >= 0.6 is 0 Å². The zero-order chi connectivity index (χ0) is 19.0. The van der Waals surface area contributed by atoms with Crippen molar-refractivity contribution in [1.82, 2.24) is 4.98 Å². The van der Waals surface area contributed by atoms with E-state index in [-0.39, 0.29) is 36.4 Å². The monoisotopic (exact) mass is 350 g/mol. The van der Waals surface area contributed by atoms with E-state index in [1.807, 2.05) is 6.92 Å². The summed E-state index contributed by atoms with van der Waals surface area (Å²) in [5, 5.41) is 10.2. The summed E-state index contributed by atoms with van der Waals surface area (Å²) in [6, 6.07) is 3.14. The zero-order valence-corrected chi connectivity index (χ0v) is 14.1. The van der Waals surface area contributed by atoms with E-state index in [0.717, 1.165) is 0 Å². The summed E-state index contributed by atoms with van der Waals surface area (Å²) >= 11 is 0. The smallest absolute Gasteiger partial charge is 0.191 e. The number of rotatable bonds is 8. The number of nitrogens with zero attached hydrogens (tertiary/aromatic N) is 4. The summed E-state index contributed by atoms with van der Waals surface area (Å²) in [6.07, 6.45) is 1.04. The van der Waals surface area contributed by atoms with Gasteiger partial charge < -0.3 is 39.5 Å². The molecule has 25 heavy (non-hydrogen) atoms. The average Bonchev–Trinajstić information content (AvgIpc) is 2.50. The van der Waals surface area contributed by atoms with Crippen molar-refractivity contribution >= 4 is 23.6 Å². The molecule has 11 heteroatoms. The fourth-order valence-electron chi connectivity index (χ4n) is 2.30. The number of pyridine rings is 1. The lowest BCUT2D eigenvalue weighted by Crippen LogP contribution is -2.30. The van der Waals surface area contributed by atoms with Gasteiger partial charge in [0.1, 0.15) is 0 Å². The summed E-state index contributed by atoms with van der Waals surface area (Å²) in [5.74, 6) is -0.465. The first-order chi connectivity index (χ1) is 11.7. The molecule has 3 atom stereocenters. The number of aliphatic hydroxyl groups excluding tert-OH is 1. The maximum absolute atomic E-state index is 10.2. The van der Waals surface area contributed by atoms with Crippen LogP contribution in [0.3, 0.4) is 0 Å². The molecule has 0 amide bonds. The van der Waals surface area contributed by atoms with E-state index in [9.17, 15) is 5.11 Å². The van der Waals surface area contributed by atoms with Crippen LogP contribution in [0, 0.1) is 0 Å². The van der Waals surface area contributed by atoms with Crippen molar-refractivity contribution in [2.75, 3.05) is 6.54 Å². The number of hydrogen-bond acceptors (Lipinski definition) is 5. The highest BCUT2D eigenvalue weighted by Gasteiger charge is 2.24. The van der Waals surface area contributed by atoms with E-state index < -0.39 is 6.10 Å². The fraction of sp³-hybridized carbons (Fsp3) is 0.429. The lowest BCUT2D eigenvalue weighted by Gasteiger charge is -2.23. The second-order valence-corrected chi connectivity index (χ2v) is 5.53. The van der Waals surface area contributed by atoms with Gasteiger partial charge >= 0.3 is 0 Å². The van der Waals surface area contributed by atoms with E-state index in [4.69, 9.17) is 34.4 Å². The highest BCUT2D eigenvalue weighted by Crippen LogP contribution is 2.27. The van der Waals surface area contributed by atoms with E-state index >= 15 is 0 Å². The molecule has 0 aliphatic carbocycles. The van der Waals surface area contributed by atoms with Crippen LogP contribution in [0.25, 0.3) is 0 Å². The molecule has 0 saturated heterocycles. The van der Waals surface area contributed by atoms with Crippen molar-refractivity contribution in [2.45, 2.75) is 31.4 Å². The molecule has 13 N–H and O–H groups in total. The van der Waals surface area contributed by atoms with E-state index in [2.05, 4.69) is 20.0 Å². The van der Waals surface area contributed by atoms with Crippen molar-refractivity contribution in [1.29, 1.82) is 0 Å². The van der Waals surface area contributed by atoms with Crippen LogP contribution in [0.4, 0.5) is 5.69 Å². The van der Waals surface area contributed by atoms with Crippen molar-refractivity contribution < 1.29 is 5.11 Å². The summed E-state index contributed by atoms with van der Waals surface area (Å²) < 4.78 is 0. The normalized spacial score (nSPS) is 14.0. The lowest BCUT2D eigenvalue weighted by molar-refractivity contribution is 0.159. The standard InChI is InChI=1S/C14H26N10O/c1-7(23-13(17)18)10(4-9(25)6-22-12(15)16)11-3-2-8(5-21-11)24-14(19)20/h2-3,5,7,9-10,25H,4,6H2,1H3,(H4,15,16,22)(H4,17,18,23)(H4,19,20,24). The Morgan fingerprint density at radius 3 is 2.24 bits per heavy atom. The quantitative estimate of drug-likeness (QED) is 0.200. The number of nitrogens with two attached hydrogens (primary N) is 6. The minimum absolute atomic E-state index is 0.0478. The Kier molecular flexibility index (Phi) is 7.41. The van der Waals surface area contributed by atoms with Crippen LogP contribution in [0.2, 0.25) is 0 Å². The molecule has 1 aromatic heterocycles. The topological polar surface area (TPSA) is 226 Å². The zero-order valence-electron chi connectivity index (χ0n) is 14.1. The first-order valence-corrected chi connectivity index (χ1v) is 7.56. The van der Waals surface area contributed by atoms with Gasteiger partial charge in [0.2, 0.25) is 0 Å². The molecule has 0 saturated carbocycles. The highest BCUT2D eigenvalue weighted by atomic mass is 16.3. The molecule has 0 aliphatic heterocycles. The van der Waals surface area contributed by atoms with Gasteiger partial charge in [0, 0.05) is 11.6 Å². The van der Waals surface area contributed by atoms with Gasteiger partial charge in [-0.1, -0.05) is 0 Å². The summed E-state index contributed by atoms with van der Waals surface area (Å²) in [4.78, 5) is 16.2. The molecule has 3 unspecified atom stereocenters. The molecule has 1 rings (SSSR count). The maximum atomic E-state index is 10.2. The molecular weight excluding hydrogens is 324 g/mol. The van der Waals surface area contributed by atoms with Gasteiger partial charge in [-0.3, -0.25) is 9.98 Å². The second-order valence-electron chi connectivity index (χ2n) is 5.53. The van der Waals surface area contributed by atoms with Gasteiger partial charge in [-0.05, 0) is 25.5 Å². The van der Waals surface area contributed by atoms with Crippen molar-refractivity contribution in [2.24, 2.45) is 49.4 Å². The number of aromatic nitrogens is 1. The number of hydrogen-bond donors (Lipinski definition) is 7. The number of guanidine groups is 3. The third-order valence-electron chi connectivity index (χ3n) is 3.35. The summed E-state index contributed by atoms with van der Waals surface area (Å²) in [6.45, 7) is 1.89. The van der Waals surface area contributed by atoms with Gasteiger partial charge in [0.05, 0.1) is 30.6 Å². The van der Waals surface area contributed by atoms with Crippen LogP contribution in [-0.2, 0) is 0 Å². The third kappa shape index (κ3) is 7.35. The molecule has 138 valence electrons. The SMILES string of the molecule is CC(N=C(N)N)C(CC(O)CN=C(N)N)c1ccc(N=C(N)N)cn1. The Hall–Kier alpha value is -3.08. The number of aliphatic imine (C=N–C) groups is 3. The number of aliphatic hydroxyl groups is 1. The Balaban J connectivity index is 3.03. The minimum Gasteiger partial charge on any atom is -0.391 e. The molecule has 11 nitrogen and oxygen atoms in total. The Morgan fingerprint density at radius 2 is 1.76 bits per heavy atom.